The van der Waals surface area contributed by atoms with Gasteiger partial charge in [-0.3, -0.25) is 9.59 Å². The van der Waals surface area contributed by atoms with Crippen molar-refractivity contribution in [2.45, 2.75) is 26.8 Å². The van der Waals surface area contributed by atoms with Crippen molar-refractivity contribution in [1.29, 1.82) is 0 Å². The third kappa shape index (κ3) is 4.05. The SMILES string of the molecule is CCOc1cccc(C(C)NC(=O)c2cnn(-c3ccc(=O)[nH]n3)c2C)c1. The van der Waals surface area contributed by atoms with Crippen LogP contribution in [0.5, 0.6) is 5.75 Å². The molecule has 2 aromatic heterocycles. The molecule has 0 aliphatic carbocycles. The molecule has 0 spiro atoms. The van der Waals surface area contributed by atoms with Gasteiger partial charge in [0.25, 0.3) is 11.5 Å². The van der Waals surface area contributed by atoms with E-state index in [9.17, 15) is 9.59 Å². The van der Waals surface area contributed by atoms with Gasteiger partial charge in [-0.15, -0.1) is 0 Å². The van der Waals surface area contributed by atoms with E-state index in [0.29, 0.717) is 23.7 Å². The van der Waals surface area contributed by atoms with E-state index in [4.69, 9.17) is 4.74 Å². The number of benzene rings is 1. The zero-order chi connectivity index (χ0) is 19.4. The highest BCUT2D eigenvalue weighted by molar-refractivity contribution is 5.95. The van der Waals surface area contributed by atoms with Crippen LogP contribution in [0.25, 0.3) is 5.82 Å². The molecule has 1 amide bonds. The lowest BCUT2D eigenvalue weighted by Gasteiger charge is -2.15. The van der Waals surface area contributed by atoms with E-state index in [-0.39, 0.29) is 17.5 Å². The van der Waals surface area contributed by atoms with Crippen LogP contribution in [0.15, 0.2) is 47.4 Å². The summed E-state index contributed by atoms with van der Waals surface area (Å²) in [5.74, 6) is 0.963. The van der Waals surface area contributed by atoms with Crippen molar-refractivity contribution in [3.05, 3.63) is 69.8 Å². The smallest absolute Gasteiger partial charge is 0.264 e. The van der Waals surface area contributed by atoms with Crippen LogP contribution < -0.4 is 15.6 Å². The first-order chi connectivity index (χ1) is 13.0. The Kier molecular flexibility index (Phi) is 5.35. The topological polar surface area (TPSA) is 102 Å². The number of aromatic nitrogens is 4. The van der Waals surface area contributed by atoms with Gasteiger partial charge >= 0.3 is 0 Å². The first-order valence-electron chi connectivity index (χ1n) is 8.64. The number of carbonyl (C=O) groups excluding carboxylic acids is 1. The molecule has 0 saturated heterocycles. The Morgan fingerprint density at radius 3 is 2.85 bits per heavy atom. The zero-order valence-corrected chi connectivity index (χ0v) is 15.4. The Balaban J connectivity index is 1.77. The van der Waals surface area contributed by atoms with Gasteiger partial charge in [0.1, 0.15) is 5.75 Å². The molecule has 2 N–H and O–H groups in total. The van der Waals surface area contributed by atoms with Gasteiger partial charge in [0, 0.05) is 6.07 Å². The van der Waals surface area contributed by atoms with E-state index in [2.05, 4.69) is 20.6 Å². The summed E-state index contributed by atoms with van der Waals surface area (Å²) >= 11 is 0. The van der Waals surface area contributed by atoms with Crippen LogP contribution in [-0.4, -0.2) is 32.5 Å². The number of nitrogens with one attached hydrogen (secondary N) is 2. The summed E-state index contributed by atoms with van der Waals surface area (Å²) in [6.07, 6.45) is 1.49. The van der Waals surface area contributed by atoms with Crippen molar-refractivity contribution < 1.29 is 9.53 Å². The lowest BCUT2D eigenvalue weighted by molar-refractivity contribution is 0.0939. The lowest BCUT2D eigenvalue weighted by Crippen LogP contribution is -2.27. The molecule has 27 heavy (non-hydrogen) atoms. The third-order valence-electron chi connectivity index (χ3n) is 4.15. The van der Waals surface area contributed by atoms with Crippen molar-refractivity contribution >= 4 is 5.91 Å². The summed E-state index contributed by atoms with van der Waals surface area (Å²) in [5.41, 5.74) is 1.71. The molecule has 8 heteroatoms. The van der Waals surface area contributed by atoms with Gasteiger partial charge in [0.05, 0.1) is 30.1 Å². The largest absolute Gasteiger partial charge is 0.494 e. The Morgan fingerprint density at radius 1 is 1.33 bits per heavy atom. The highest BCUT2D eigenvalue weighted by Gasteiger charge is 2.18. The van der Waals surface area contributed by atoms with E-state index in [0.717, 1.165) is 11.3 Å². The summed E-state index contributed by atoms with van der Waals surface area (Å²) in [7, 11) is 0. The summed E-state index contributed by atoms with van der Waals surface area (Å²) in [5, 5.41) is 13.5. The van der Waals surface area contributed by atoms with E-state index in [1.807, 2.05) is 38.1 Å². The number of hydrogen-bond acceptors (Lipinski definition) is 5. The molecule has 1 atom stereocenters. The molecule has 0 radical (unpaired) electrons. The molecule has 0 aliphatic heterocycles. The third-order valence-corrected chi connectivity index (χ3v) is 4.15. The van der Waals surface area contributed by atoms with E-state index in [1.165, 1.54) is 16.9 Å². The van der Waals surface area contributed by atoms with Crippen molar-refractivity contribution in [1.82, 2.24) is 25.3 Å². The van der Waals surface area contributed by atoms with Gasteiger partial charge in [-0.1, -0.05) is 12.1 Å². The molecule has 0 saturated carbocycles. The maximum absolute atomic E-state index is 12.7. The monoisotopic (exact) mass is 367 g/mol. The van der Waals surface area contributed by atoms with Gasteiger partial charge in [-0.25, -0.2) is 9.78 Å². The van der Waals surface area contributed by atoms with Crippen molar-refractivity contribution in [3.8, 4) is 11.6 Å². The second-order valence-corrected chi connectivity index (χ2v) is 6.04. The van der Waals surface area contributed by atoms with E-state index < -0.39 is 0 Å². The van der Waals surface area contributed by atoms with Crippen LogP contribution in [0.4, 0.5) is 0 Å². The van der Waals surface area contributed by atoms with Gasteiger partial charge in [0.2, 0.25) is 0 Å². The molecule has 1 aromatic carbocycles. The number of H-pyrrole nitrogens is 1. The second kappa shape index (κ2) is 7.86. The quantitative estimate of drug-likeness (QED) is 0.695. The molecule has 3 aromatic rings. The first-order valence-corrected chi connectivity index (χ1v) is 8.64. The van der Waals surface area contributed by atoms with Gasteiger partial charge < -0.3 is 10.1 Å². The summed E-state index contributed by atoms with van der Waals surface area (Å²) in [6.45, 7) is 6.19. The number of ether oxygens (including phenoxy) is 1. The summed E-state index contributed by atoms with van der Waals surface area (Å²) in [6, 6.07) is 10.3. The predicted octanol–water partition coefficient (Wildman–Crippen LogP) is 2.15. The average molecular weight is 367 g/mol. The number of aromatic amines is 1. The number of carbonyl (C=O) groups is 1. The predicted molar refractivity (Wildman–Crippen MR) is 100 cm³/mol. The molecule has 3 rings (SSSR count). The highest BCUT2D eigenvalue weighted by atomic mass is 16.5. The summed E-state index contributed by atoms with van der Waals surface area (Å²) in [4.78, 5) is 23.8. The highest BCUT2D eigenvalue weighted by Crippen LogP contribution is 2.20. The lowest BCUT2D eigenvalue weighted by atomic mass is 10.1. The van der Waals surface area contributed by atoms with Crippen LogP contribution in [0.2, 0.25) is 0 Å². The molecule has 0 fully saturated rings. The Bertz CT molecular complexity index is 988. The van der Waals surface area contributed by atoms with Crippen LogP contribution >= 0.6 is 0 Å². The summed E-state index contributed by atoms with van der Waals surface area (Å²) < 4.78 is 7.01. The second-order valence-electron chi connectivity index (χ2n) is 6.04. The van der Waals surface area contributed by atoms with Gasteiger partial charge in [-0.2, -0.15) is 10.2 Å². The molecule has 140 valence electrons. The fraction of sp³-hybridized carbons (Fsp3) is 0.263. The van der Waals surface area contributed by atoms with Crippen LogP contribution in [-0.2, 0) is 0 Å². The minimum atomic E-state index is -0.301. The zero-order valence-electron chi connectivity index (χ0n) is 15.4. The number of hydrogen-bond donors (Lipinski definition) is 2. The number of rotatable bonds is 6. The number of amides is 1. The van der Waals surface area contributed by atoms with Crippen LogP contribution in [0.1, 0.15) is 41.5 Å². The number of nitrogens with zero attached hydrogens (tertiary/aromatic N) is 3. The molecule has 0 bridgehead atoms. The van der Waals surface area contributed by atoms with Gasteiger partial charge in [0.15, 0.2) is 5.82 Å². The molecular weight excluding hydrogens is 346 g/mol. The van der Waals surface area contributed by atoms with Crippen molar-refractivity contribution in [2.75, 3.05) is 6.61 Å². The minimum Gasteiger partial charge on any atom is -0.494 e. The molecule has 2 heterocycles. The molecule has 0 aliphatic rings. The van der Waals surface area contributed by atoms with Crippen LogP contribution in [0.3, 0.4) is 0 Å². The van der Waals surface area contributed by atoms with Crippen LogP contribution in [0, 0.1) is 6.92 Å². The van der Waals surface area contributed by atoms with E-state index >= 15 is 0 Å². The minimum absolute atomic E-state index is 0.202. The van der Waals surface area contributed by atoms with Crippen molar-refractivity contribution in [3.63, 3.8) is 0 Å². The Hall–Kier alpha value is -3.42. The maximum atomic E-state index is 12.7. The first kappa shape index (κ1) is 18.4. The average Bonchev–Trinajstić information content (AvgIpc) is 3.04. The molecule has 1 unspecified atom stereocenters. The fourth-order valence-corrected chi connectivity index (χ4v) is 2.72. The molecular formula is C19H21N5O3. The normalized spacial score (nSPS) is 11.8. The standard InChI is InChI=1S/C19H21N5O3/c1-4-27-15-7-5-6-14(10-15)12(2)21-19(26)16-11-20-24(13(16)3)17-8-9-18(25)23-22-17/h5-12H,4H2,1-3H3,(H,21,26)(H,23,25). The van der Waals surface area contributed by atoms with E-state index in [1.54, 1.807) is 13.0 Å². The maximum Gasteiger partial charge on any atom is 0.264 e. The van der Waals surface area contributed by atoms with Crippen molar-refractivity contribution in [2.24, 2.45) is 0 Å². The molecule has 8 nitrogen and oxygen atoms in total. The fourth-order valence-electron chi connectivity index (χ4n) is 2.72. The Morgan fingerprint density at radius 2 is 2.15 bits per heavy atom. The van der Waals surface area contributed by atoms with Gasteiger partial charge in [-0.05, 0) is 44.5 Å². The Labute approximate surface area is 156 Å².